The molecule has 1 aromatic rings. The number of hydrogen-bond donors (Lipinski definition) is 3. The number of amides is 1. The monoisotopic (exact) mass is 520 g/mol. The number of carbonyl (C=O) groups excluding carboxylic acids is 1. The maximum absolute atomic E-state index is 13.4. The highest BCUT2D eigenvalue weighted by atomic mass is 35.5. The molecule has 4 atom stereocenters. The Kier molecular flexibility index (Phi) is 7.75. The van der Waals surface area contributed by atoms with Gasteiger partial charge in [-0.15, -0.1) is 16.5 Å². The van der Waals surface area contributed by atoms with Crippen LogP contribution in [0.2, 0.25) is 0 Å². The lowest BCUT2D eigenvalue weighted by atomic mass is 9.85. The molecule has 0 saturated carbocycles. The molecule has 0 aliphatic carbocycles. The van der Waals surface area contributed by atoms with Gasteiger partial charge in [-0.1, -0.05) is 5.18 Å². The van der Waals surface area contributed by atoms with Gasteiger partial charge in [0, 0.05) is 50.4 Å². The molecule has 4 N–H and O–H groups in total. The molecular formula is C24H37ClN8O3. The number of ether oxygens (including phenoxy) is 1. The normalized spacial score (nSPS) is 29.0. The average Bonchev–Trinajstić information content (AvgIpc) is 3.33. The highest BCUT2D eigenvalue weighted by Crippen LogP contribution is 2.40. The molecule has 36 heavy (non-hydrogen) atoms. The Labute approximate surface area is 217 Å². The third-order valence-corrected chi connectivity index (χ3v) is 8.60. The number of nitrogens with zero attached hydrogens (tertiary/aromatic N) is 5. The molecule has 0 radical (unpaired) electrons. The van der Waals surface area contributed by atoms with E-state index in [1.807, 2.05) is 18.0 Å². The molecular weight excluding hydrogens is 484 g/mol. The molecule has 11 nitrogen and oxygen atoms in total. The van der Waals surface area contributed by atoms with E-state index in [0.717, 1.165) is 57.9 Å². The number of anilines is 2. The second-order valence-electron chi connectivity index (χ2n) is 10.8. The van der Waals surface area contributed by atoms with Crippen LogP contribution in [0.25, 0.3) is 0 Å². The first-order valence-electron chi connectivity index (χ1n) is 12.9. The number of alkyl halides is 1. The molecule has 198 valence electrons. The minimum absolute atomic E-state index is 0.0867. The van der Waals surface area contributed by atoms with Crippen LogP contribution in [0.15, 0.2) is 23.6 Å². The Morgan fingerprint density at radius 3 is 2.78 bits per heavy atom. The highest BCUT2D eigenvalue weighted by Gasteiger charge is 2.46. The summed E-state index contributed by atoms with van der Waals surface area (Å²) in [7, 11) is 1.85. The summed E-state index contributed by atoms with van der Waals surface area (Å²) < 4.78 is 5.48. The van der Waals surface area contributed by atoms with E-state index in [-0.39, 0.29) is 11.3 Å². The average molecular weight is 521 g/mol. The van der Waals surface area contributed by atoms with E-state index in [1.165, 1.54) is 6.42 Å². The van der Waals surface area contributed by atoms with Gasteiger partial charge < -0.3 is 20.7 Å². The summed E-state index contributed by atoms with van der Waals surface area (Å²) in [6, 6.07) is 2.52. The molecule has 4 unspecified atom stereocenters. The van der Waals surface area contributed by atoms with Crippen LogP contribution in [0, 0.1) is 16.2 Å². The lowest BCUT2D eigenvalue weighted by molar-refractivity contribution is -0.123. The summed E-state index contributed by atoms with van der Waals surface area (Å²) in [6.45, 7) is 7.02. The van der Waals surface area contributed by atoms with E-state index in [9.17, 15) is 9.70 Å². The van der Waals surface area contributed by atoms with Gasteiger partial charge in [0.1, 0.15) is 5.92 Å². The maximum Gasteiger partial charge on any atom is 0.234 e. The molecule has 1 spiro atoms. The van der Waals surface area contributed by atoms with Crippen molar-refractivity contribution >= 4 is 28.9 Å². The number of piperidine rings is 1. The second kappa shape index (κ2) is 10.8. The Bertz CT molecular complexity index is 942. The van der Waals surface area contributed by atoms with Gasteiger partial charge in [0.25, 0.3) is 0 Å². The molecule has 1 aromatic heterocycles. The van der Waals surface area contributed by atoms with Gasteiger partial charge in [0.05, 0.1) is 42.3 Å². The predicted molar refractivity (Wildman–Crippen MR) is 139 cm³/mol. The van der Waals surface area contributed by atoms with Crippen molar-refractivity contribution in [1.82, 2.24) is 20.1 Å². The van der Waals surface area contributed by atoms with Gasteiger partial charge in [-0.25, -0.2) is 0 Å². The fourth-order valence-electron chi connectivity index (χ4n) is 6.20. The number of nitroso groups, excluding NO2 is 1. The molecule has 4 aliphatic rings. The molecule has 0 aromatic carbocycles. The first-order chi connectivity index (χ1) is 17.4. The topological polar surface area (TPSA) is 128 Å². The van der Waals surface area contributed by atoms with E-state index in [1.54, 1.807) is 12.4 Å². The molecule has 5 heterocycles. The standard InChI is InChI=1S/C24H37ClN8O3/c1-31-12-16(25)10-28-22(31)20(21(26)30-35)23(34)29-18-11-27-6-2-19(18)32-7-3-17(4-8-32)33-9-5-24(13-33)14-36-15-24/h2,6,11,16-17,20-22,28H,3-5,7-10,12-15,26H2,1H3,(H,29,34). The van der Waals surface area contributed by atoms with Crippen LogP contribution in [0.3, 0.4) is 0 Å². The van der Waals surface area contributed by atoms with Crippen molar-refractivity contribution < 1.29 is 9.53 Å². The SMILES string of the molecule is CN1CC(Cl)CNC1C(C(=O)Nc1cnccc1N1CCC(N2CCC3(COC3)C2)CC1)C(N)N=O. The van der Waals surface area contributed by atoms with Crippen molar-refractivity contribution in [2.45, 2.75) is 43.0 Å². The lowest BCUT2D eigenvalue weighted by Crippen LogP contribution is -2.62. The minimum Gasteiger partial charge on any atom is -0.380 e. The number of pyridine rings is 1. The van der Waals surface area contributed by atoms with E-state index >= 15 is 0 Å². The third-order valence-electron chi connectivity index (χ3n) is 8.30. The zero-order valence-corrected chi connectivity index (χ0v) is 21.6. The van der Waals surface area contributed by atoms with Gasteiger partial charge in [-0.3, -0.25) is 24.9 Å². The van der Waals surface area contributed by atoms with Crippen molar-refractivity contribution in [3.8, 4) is 0 Å². The van der Waals surface area contributed by atoms with Crippen LogP contribution in [0.5, 0.6) is 0 Å². The van der Waals surface area contributed by atoms with E-state index in [0.29, 0.717) is 30.2 Å². The molecule has 4 aliphatic heterocycles. The number of nitrogens with one attached hydrogen (secondary N) is 2. The predicted octanol–water partition coefficient (Wildman–Crippen LogP) is 0.847. The first-order valence-corrected chi connectivity index (χ1v) is 13.3. The number of halogens is 1. The van der Waals surface area contributed by atoms with Crippen LogP contribution in [0.4, 0.5) is 11.4 Å². The summed E-state index contributed by atoms with van der Waals surface area (Å²) in [5.41, 5.74) is 7.96. The van der Waals surface area contributed by atoms with Gasteiger partial charge in [-0.2, -0.15) is 0 Å². The summed E-state index contributed by atoms with van der Waals surface area (Å²) in [6.07, 6.45) is 5.14. The number of nitrogens with two attached hydrogens (primary N) is 1. The summed E-state index contributed by atoms with van der Waals surface area (Å²) >= 11 is 6.24. The van der Waals surface area contributed by atoms with Crippen molar-refractivity contribution in [2.24, 2.45) is 22.2 Å². The maximum atomic E-state index is 13.4. The summed E-state index contributed by atoms with van der Waals surface area (Å²) in [5, 5.41) is 9.14. The number of hydrogen-bond acceptors (Lipinski definition) is 10. The van der Waals surface area contributed by atoms with Crippen LogP contribution in [-0.2, 0) is 9.53 Å². The van der Waals surface area contributed by atoms with Gasteiger partial charge in [0.2, 0.25) is 5.91 Å². The first kappa shape index (κ1) is 25.7. The number of aromatic nitrogens is 1. The Morgan fingerprint density at radius 2 is 2.14 bits per heavy atom. The van der Waals surface area contributed by atoms with Crippen molar-refractivity contribution in [1.29, 1.82) is 0 Å². The van der Waals surface area contributed by atoms with Gasteiger partial charge in [-0.05, 0) is 38.9 Å². The fraction of sp³-hybridized carbons (Fsp3) is 0.750. The zero-order chi connectivity index (χ0) is 25.3. The lowest BCUT2D eigenvalue weighted by Gasteiger charge is -2.41. The molecule has 1 amide bonds. The van der Waals surface area contributed by atoms with Crippen molar-refractivity contribution in [3.63, 3.8) is 0 Å². The summed E-state index contributed by atoms with van der Waals surface area (Å²) in [4.78, 5) is 35.9. The van der Waals surface area contributed by atoms with Crippen molar-refractivity contribution in [2.75, 3.05) is 69.7 Å². The smallest absolute Gasteiger partial charge is 0.234 e. The molecule has 12 heteroatoms. The van der Waals surface area contributed by atoms with Crippen LogP contribution in [0.1, 0.15) is 19.3 Å². The second-order valence-corrected chi connectivity index (χ2v) is 11.4. The minimum atomic E-state index is -1.20. The Balaban J connectivity index is 1.24. The van der Waals surface area contributed by atoms with E-state index in [2.05, 4.69) is 30.6 Å². The number of rotatable bonds is 7. The molecule has 4 saturated heterocycles. The number of carbonyl (C=O) groups is 1. The largest absolute Gasteiger partial charge is 0.380 e. The molecule has 0 bridgehead atoms. The number of likely N-dealkylation sites (tertiary alicyclic amines) is 1. The Morgan fingerprint density at radius 1 is 1.36 bits per heavy atom. The molecule has 5 rings (SSSR count). The quantitative estimate of drug-likeness (QED) is 0.354. The van der Waals surface area contributed by atoms with Crippen LogP contribution in [-0.4, -0.2) is 104 Å². The van der Waals surface area contributed by atoms with Crippen LogP contribution >= 0.6 is 11.6 Å². The zero-order valence-electron chi connectivity index (χ0n) is 20.8. The van der Waals surface area contributed by atoms with Gasteiger partial charge >= 0.3 is 0 Å². The van der Waals surface area contributed by atoms with E-state index in [4.69, 9.17) is 22.1 Å². The fourth-order valence-corrected chi connectivity index (χ4v) is 6.51. The van der Waals surface area contributed by atoms with Gasteiger partial charge in [0.15, 0.2) is 6.17 Å². The molecule has 4 fully saturated rings. The highest BCUT2D eigenvalue weighted by molar-refractivity contribution is 6.21. The van der Waals surface area contributed by atoms with E-state index < -0.39 is 18.2 Å². The Hall–Kier alpha value is -1.89. The van der Waals surface area contributed by atoms with Crippen LogP contribution < -0.4 is 21.3 Å². The third kappa shape index (κ3) is 5.23. The summed E-state index contributed by atoms with van der Waals surface area (Å²) in [5.74, 6) is -1.25. The van der Waals surface area contributed by atoms with Crippen molar-refractivity contribution in [3.05, 3.63) is 23.4 Å².